The van der Waals surface area contributed by atoms with Crippen LogP contribution in [0.5, 0.6) is 0 Å². The Labute approximate surface area is 94.1 Å². The molecule has 1 aliphatic rings. The van der Waals surface area contributed by atoms with Crippen molar-refractivity contribution in [3.8, 4) is 0 Å². The van der Waals surface area contributed by atoms with E-state index in [2.05, 4.69) is 30.7 Å². The second-order valence-corrected chi connectivity index (χ2v) is 5.61. The van der Waals surface area contributed by atoms with E-state index < -0.39 is 0 Å². The van der Waals surface area contributed by atoms with Crippen LogP contribution in [0.15, 0.2) is 0 Å². The van der Waals surface area contributed by atoms with Crippen LogP contribution in [0.3, 0.4) is 0 Å². The van der Waals surface area contributed by atoms with Crippen molar-refractivity contribution in [2.45, 2.75) is 26.7 Å². The summed E-state index contributed by atoms with van der Waals surface area (Å²) < 4.78 is 0. The molecule has 0 unspecified atom stereocenters. The Morgan fingerprint density at radius 1 is 1.27 bits per heavy atom. The van der Waals surface area contributed by atoms with E-state index >= 15 is 0 Å². The molecule has 0 amide bonds. The Hall–Kier alpha value is -0.120. The lowest BCUT2D eigenvalue weighted by Crippen LogP contribution is -2.38. The first kappa shape index (κ1) is 12.9. The number of likely N-dealkylation sites (N-methyl/N-ethyl adjacent to an activating group) is 1. The van der Waals surface area contributed by atoms with Crippen LogP contribution in [0.1, 0.15) is 26.7 Å². The standard InChI is InChI=1S/C12H26N2O/c1-12(2,11-15)10-13(3)8-9-14-6-4-5-7-14/h15H,4-11H2,1-3H3. The molecule has 0 aromatic carbocycles. The van der Waals surface area contributed by atoms with E-state index in [0.717, 1.165) is 13.1 Å². The summed E-state index contributed by atoms with van der Waals surface area (Å²) in [6.07, 6.45) is 2.73. The van der Waals surface area contributed by atoms with Crippen molar-refractivity contribution in [1.29, 1.82) is 0 Å². The molecule has 90 valence electrons. The van der Waals surface area contributed by atoms with Crippen LogP contribution in [-0.2, 0) is 0 Å². The fourth-order valence-electron chi connectivity index (χ4n) is 2.18. The predicted octanol–water partition coefficient (Wildman–Crippen LogP) is 1.03. The van der Waals surface area contributed by atoms with Gasteiger partial charge in [-0.2, -0.15) is 0 Å². The molecular weight excluding hydrogens is 188 g/mol. The summed E-state index contributed by atoms with van der Waals surface area (Å²) in [6.45, 7) is 10.3. The number of aliphatic hydroxyl groups excluding tert-OH is 1. The van der Waals surface area contributed by atoms with Gasteiger partial charge in [0.15, 0.2) is 0 Å². The van der Waals surface area contributed by atoms with Crippen LogP contribution in [0.25, 0.3) is 0 Å². The lowest BCUT2D eigenvalue weighted by molar-refractivity contribution is 0.110. The summed E-state index contributed by atoms with van der Waals surface area (Å²) in [7, 11) is 2.15. The van der Waals surface area contributed by atoms with Crippen molar-refractivity contribution >= 4 is 0 Å². The zero-order chi connectivity index (χ0) is 11.3. The molecular formula is C12H26N2O. The molecule has 3 heteroatoms. The molecule has 0 atom stereocenters. The van der Waals surface area contributed by atoms with E-state index in [-0.39, 0.29) is 12.0 Å². The molecule has 0 aliphatic carbocycles. The lowest BCUT2D eigenvalue weighted by atomic mass is 9.94. The molecule has 15 heavy (non-hydrogen) atoms. The number of aliphatic hydroxyl groups is 1. The number of likely N-dealkylation sites (tertiary alicyclic amines) is 1. The van der Waals surface area contributed by atoms with Crippen molar-refractivity contribution in [2.75, 3.05) is 46.4 Å². The number of nitrogens with zero attached hydrogens (tertiary/aromatic N) is 2. The van der Waals surface area contributed by atoms with Crippen LogP contribution in [0, 0.1) is 5.41 Å². The second kappa shape index (κ2) is 5.83. The van der Waals surface area contributed by atoms with Crippen molar-refractivity contribution in [1.82, 2.24) is 9.80 Å². The Bertz CT molecular complexity index is 176. The highest BCUT2D eigenvalue weighted by Crippen LogP contribution is 2.15. The molecule has 0 bridgehead atoms. The average molecular weight is 214 g/mol. The van der Waals surface area contributed by atoms with Gasteiger partial charge in [-0.15, -0.1) is 0 Å². The predicted molar refractivity (Wildman–Crippen MR) is 64.0 cm³/mol. The van der Waals surface area contributed by atoms with E-state index in [1.165, 1.54) is 32.5 Å². The maximum Gasteiger partial charge on any atom is 0.0494 e. The molecule has 1 saturated heterocycles. The molecule has 1 rings (SSSR count). The van der Waals surface area contributed by atoms with Gasteiger partial charge in [0.2, 0.25) is 0 Å². The van der Waals surface area contributed by atoms with Crippen molar-refractivity contribution in [3.63, 3.8) is 0 Å². The van der Waals surface area contributed by atoms with E-state index in [1.54, 1.807) is 0 Å². The van der Waals surface area contributed by atoms with Gasteiger partial charge in [0.05, 0.1) is 0 Å². The Balaban J connectivity index is 2.15. The summed E-state index contributed by atoms with van der Waals surface area (Å²) in [6, 6.07) is 0. The molecule has 0 aromatic rings. The number of hydrogen-bond donors (Lipinski definition) is 1. The van der Waals surface area contributed by atoms with Gasteiger partial charge < -0.3 is 14.9 Å². The highest BCUT2D eigenvalue weighted by atomic mass is 16.3. The van der Waals surface area contributed by atoms with Crippen molar-refractivity contribution in [2.24, 2.45) is 5.41 Å². The maximum absolute atomic E-state index is 9.19. The van der Waals surface area contributed by atoms with Gasteiger partial charge in [-0.25, -0.2) is 0 Å². The third-order valence-corrected chi connectivity index (χ3v) is 3.12. The molecule has 3 nitrogen and oxygen atoms in total. The highest BCUT2D eigenvalue weighted by molar-refractivity contribution is 4.73. The van der Waals surface area contributed by atoms with Crippen molar-refractivity contribution < 1.29 is 5.11 Å². The first-order valence-electron chi connectivity index (χ1n) is 6.05. The Morgan fingerprint density at radius 3 is 2.40 bits per heavy atom. The minimum absolute atomic E-state index is 0.0275. The fourth-order valence-corrected chi connectivity index (χ4v) is 2.18. The lowest BCUT2D eigenvalue weighted by Gasteiger charge is -2.29. The van der Waals surface area contributed by atoms with Crippen molar-refractivity contribution in [3.05, 3.63) is 0 Å². The van der Waals surface area contributed by atoms with Crippen LogP contribution in [0.4, 0.5) is 0 Å². The van der Waals surface area contributed by atoms with Gasteiger partial charge in [-0.05, 0) is 33.0 Å². The summed E-state index contributed by atoms with van der Waals surface area (Å²) in [5, 5.41) is 9.19. The molecule has 1 N–H and O–H groups in total. The molecule has 1 heterocycles. The monoisotopic (exact) mass is 214 g/mol. The van der Waals surface area contributed by atoms with Crippen LogP contribution in [0.2, 0.25) is 0 Å². The summed E-state index contributed by atoms with van der Waals surface area (Å²) in [4.78, 5) is 4.86. The third-order valence-electron chi connectivity index (χ3n) is 3.12. The molecule has 1 fully saturated rings. The molecule has 0 saturated carbocycles. The normalized spacial score (nSPS) is 19.0. The Kier molecular flexibility index (Phi) is 5.03. The number of hydrogen-bond acceptors (Lipinski definition) is 3. The zero-order valence-electron chi connectivity index (χ0n) is 10.5. The topological polar surface area (TPSA) is 26.7 Å². The van der Waals surface area contributed by atoms with Gasteiger partial charge >= 0.3 is 0 Å². The largest absolute Gasteiger partial charge is 0.396 e. The van der Waals surface area contributed by atoms with Gasteiger partial charge in [0, 0.05) is 31.7 Å². The van der Waals surface area contributed by atoms with E-state index in [4.69, 9.17) is 0 Å². The minimum atomic E-state index is 0.0275. The fraction of sp³-hybridized carbons (Fsp3) is 1.00. The summed E-state index contributed by atoms with van der Waals surface area (Å²) >= 11 is 0. The number of rotatable bonds is 6. The summed E-state index contributed by atoms with van der Waals surface area (Å²) in [5.41, 5.74) is 0.0275. The van der Waals surface area contributed by atoms with Gasteiger partial charge in [-0.1, -0.05) is 13.8 Å². The third kappa shape index (κ3) is 4.96. The zero-order valence-corrected chi connectivity index (χ0v) is 10.5. The minimum Gasteiger partial charge on any atom is -0.396 e. The summed E-state index contributed by atoms with van der Waals surface area (Å²) in [5.74, 6) is 0. The quantitative estimate of drug-likeness (QED) is 0.715. The first-order valence-corrected chi connectivity index (χ1v) is 6.05. The van der Waals surface area contributed by atoms with Crippen LogP contribution < -0.4 is 0 Å². The van der Waals surface area contributed by atoms with E-state index in [9.17, 15) is 5.11 Å². The molecule has 0 aromatic heterocycles. The molecule has 0 spiro atoms. The maximum atomic E-state index is 9.19. The average Bonchev–Trinajstić information content (AvgIpc) is 2.66. The van der Waals surface area contributed by atoms with Crippen LogP contribution in [-0.4, -0.2) is 61.3 Å². The van der Waals surface area contributed by atoms with E-state index in [0.29, 0.717) is 0 Å². The van der Waals surface area contributed by atoms with Gasteiger partial charge in [0.25, 0.3) is 0 Å². The molecule has 1 aliphatic heterocycles. The SMILES string of the molecule is CN(CCN1CCCC1)CC(C)(C)CO. The smallest absolute Gasteiger partial charge is 0.0494 e. The Morgan fingerprint density at radius 2 is 1.87 bits per heavy atom. The molecule has 0 radical (unpaired) electrons. The highest BCUT2D eigenvalue weighted by Gasteiger charge is 2.19. The van der Waals surface area contributed by atoms with Gasteiger partial charge in [-0.3, -0.25) is 0 Å². The van der Waals surface area contributed by atoms with Gasteiger partial charge in [0.1, 0.15) is 0 Å². The van der Waals surface area contributed by atoms with E-state index in [1.807, 2.05) is 0 Å². The van der Waals surface area contributed by atoms with Crippen LogP contribution >= 0.6 is 0 Å². The second-order valence-electron chi connectivity index (χ2n) is 5.61. The first-order chi connectivity index (χ1) is 7.03.